The highest BCUT2D eigenvalue weighted by Gasteiger charge is 2.33. The lowest BCUT2D eigenvalue weighted by atomic mass is 9.78. The van der Waals surface area contributed by atoms with E-state index in [-0.39, 0.29) is 67.2 Å². The predicted octanol–water partition coefficient (Wildman–Crippen LogP) is 35.8. The number of hydrogen-bond donors (Lipinski definition) is 4. The number of rotatable bonds is 57. The summed E-state index contributed by atoms with van der Waals surface area (Å²) in [5.74, 6) is 0.0223. The van der Waals surface area contributed by atoms with Crippen LogP contribution in [0.25, 0.3) is 0 Å². The van der Waals surface area contributed by atoms with Crippen molar-refractivity contribution in [2.45, 2.75) is 552 Å². The van der Waals surface area contributed by atoms with Gasteiger partial charge in [0.05, 0.1) is 48.7 Å². The first-order valence-corrected chi connectivity index (χ1v) is 52.6. The lowest BCUT2D eigenvalue weighted by Crippen LogP contribution is -2.19. The van der Waals surface area contributed by atoms with Gasteiger partial charge in [-0.1, -0.05) is 483 Å². The van der Waals surface area contributed by atoms with Gasteiger partial charge in [0.2, 0.25) is 0 Å². The smallest absolute Gasteiger partial charge is 0.338 e. The van der Waals surface area contributed by atoms with E-state index in [0.717, 1.165) is 95.9 Å². The topological polar surface area (TPSA) is 186 Å². The number of ether oxygens (including phenoxy) is 4. The minimum absolute atomic E-state index is 0.252. The van der Waals surface area contributed by atoms with Gasteiger partial charge < -0.3 is 39.4 Å². The van der Waals surface area contributed by atoms with Crippen LogP contribution in [0.5, 0.6) is 23.0 Å². The molecule has 0 aliphatic rings. The van der Waals surface area contributed by atoms with Crippen LogP contribution in [0.4, 0.5) is 0 Å². The van der Waals surface area contributed by atoms with E-state index in [2.05, 4.69) is 152 Å². The van der Waals surface area contributed by atoms with Gasteiger partial charge in [-0.2, -0.15) is 0 Å². The molecule has 0 heterocycles. The second kappa shape index (κ2) is 64.0. The molecule has 4 rings (SSSR count). The maximum atomic E-state index is 12.8. The Morgan fingerprint density at radius 2 is 0.271 bits per heavy atom. The molecule has 0 unspecified atom stereocenters. The second-order valence-electron chi connectivity index (χ2n) is 46.1. The molecule has 0 saturated heterocycles. The second-order valence-corrected chi connectivity index (χ2v) is 46.1. The lowest BCUT2D eigenvalue weighted by molar-refractivity contribution is 0.0488. The fourth-order valence-corrected chi connectivity index (χ4v) is 16.5. The molecular weight excluding hydrogens is 1600 g/mol. The first-order valence-electron chi connectivity index (χ1n) is 52.6. The number of unbranched alkanes of at least 4 members (excludes halogenated alkanes) is 45. The van der Waals surface area contributed by atoms with Gasteiger partial charge in [0, 0.05) is 44.5 Å². The number of carbonyl (C=O) groups is 4. The Hall–Kier alpha value is -6.04. The van der Waals surface area contributed by atoms with Crippen molar-refractivity contribution in [2.24, 2.45) is 0 Å². The Bertz CT molecular complexity index is 3540. The molecule has 742 valence electrons. The van der Waals surface area contributed by atoms with Crippen LogP contribution in [-0.4, -0.2) is 70.7 Å². The summed E-state index contributed by atoms with van der Waals surface area (Å²) in [7, 11) is 0. The predicted molar refractivity (Wildman–Crippen MR) is 552 cm³/mol. The van der Waals surface area contributed by atoms with Gasteiger partial charge in [-0.05, 0) is 118 Å². The molecule has 4 aromatic carbocycles. The van der Waals surface area contributed by atoms with Crippen LogP contribution in [0, 0.1) is 0 Å². The van der Waals surface area contributed by atoms with Crippen molar-refractivity contribution in [3.8, 4) is 23.0 Å². The summed E-state index contributed by atoms with van der Waals surface area (Å²) in [6.07, 6.45) is 63.4. The third kappa shape index (κ3) is 52.4. The van der Waals surface area contributed by atoms with Crippen molar-refractivity contribution in [3.63, 3.8) is 0 Å². The van der Waals surface area contributed by atoms with Crippen molar-refractivity contribution in [1.29, 1.82) is 0 Å². The molecular formula is C117H202O12. The summed E-state index contributed by atoms with van der Waals surface area (Å²) < 4.78 is 22.3. The van der Waals surface area contributed by atoms with E-state index in [0.29, 0.717) is 71.7 Å². The van der Waals surface area contributed by atoms with Crippen LogP contribution < -0.4 is 0 Å². The highest BCUT2D eigenvalue weighted by atomic mass is 16.5. The SMILES string of the molecule is CCCCCCCCCCCCCCCCCCOC(=O)c1cc(C(C)(C)C)c(O)c(C(C)(C)C)c1.CCCCCCCCCCCCCCCCOC(=O)c1cc(C(C)(C)C)c(O)c(C(C)(C)C)c1.CCCCCCCCCCCCCOC(=O)c1cc(C(C)(C)C)c(O)c(C(C)(C)C)c1.CCCCCCCCCCOC(=O)c1cc(C(C)(C)C)c(O)c(C(C)(C)C)c1. The fourth-order valence-electron chi connectivity index (χ4n) is 16.5. The minimum atomic E-state index is -0.293. The third-order valence-corrected chi connectivity index (χ3v) is 25.0. The Morgan fingerprint density at radius 1 is 0.178 bits per heavy atom. The van der Waals surface area contributed by atoms with Crippen LogP contribution in [0.15, 0.2) is 48.5 Å². The van der Waals surface area contributed by atoms with E-state index < -0.39 is 0 Å². The molecule has 0 aliphatic heterocycles. The van der Waals surface area contributed by atoms with Crippen LogP contribution in [-0.2, 0) is 62.3 Å². The zero-order chi connectivity index (χ0) is 97.5. The Labute approximate surface area is 794 Å². The summed E-state index contributed by atoms with van der Waals surface area (Å²) in [6, 6.07) is 14.4. The normalized spacial score (nSPS) is 12.2. The van der Waals surface area contributed by atoms with Gasteiger partial charge in [0.1, 0.15) is 23.0 Å². The van der Waals surface area contributed by atoms with Gasteiger partial charge in [-0.25, -0.2) is 19.2 Å². The van der Waals surface area contributed by atoms with Crippen molar-refractivity contribution in [2.75, 3.05) is 26.4 Å². The van der Waals surface area contributed by atoms with Gasteiger partial charge in [-0.15, -0.1) is 0 Å². The monoisotopic (exact) mass is 1800 g/mol. The fraction of sp³-hybridized carbons (Fsp3) is 0.761. The van der Waals surface area contributed by atoms with Gasteiger partial charge in [0.25, 0.3) is 0 Å². The lowest BCUT2D eigenvalue weighted by Gasteiger charge is -2.28. The maximum Gasteiger partial charge on any atom is 0.338 e. The minimum Gasteiger partial charge on any atom is -0.507 e. The van der Waals surface area contributed by atoms with E-state index in [4.69, 9.17) is 18.9 Å². The van der Waals surface area contributed by atoms with Crippen LogP contribution in [0.2, 0.25) is 0 Å². The number of phenolic OH excluding ortho intramolecular Hbond substituents is 4. The maximum absolute atomic E-state index is 12.8. The van der Waals surface area contributed by atoms with Gasteiger partial charge >= 0.3 is 23.9 Å². The first-order chi connectivity index (χ1) is 60.4. The molecule has 129 heavy (non-hydrogen) atoms. The Balaban J connectivity index is 0.000000863. The van der Waals surface area contributed by atoms with E-state index >= 15 is 0 Å². The van der Waals surface area contributed by atoms with Crippen LogP contribution >= 0.6 is 0 Å². The molecule has 0 amide bonds. The molecule has 12 heteroatoms. The average Bonchev–Trinajstić information content (AvgIpc) is 0.796. The van der Waals surface area contributed by atoms with Crippen molar-refractivity contribution in [3.05, 3.63) is 115 Å². The summed E-state index contributed by atoms with van der Waals surface area (Å²) in [4.78, 5) is 50.8. The number of esters is 4. The average molecular weight is 1800 g/mol. The largest absolute Gasteiger partial charge is 0.507 e. The zero-order valence-electron chi connectivity index (χ0n) is 89.2. The summed E-state index contributed by atoms with van der Waals surface area (Å²) in [5, 5.41) is 43.2. The van der Waals surface area contributed by atoms with Crippen LogP contribution in [0.3, 0.4) is 0 Å². The number of hydrogen-bond acceptors (Lipinski definition) is 12. The summed E-state index contributed by atoms with van der Waals surface area (Å²) in [5.41, 5.74) is 6.47. The van der Waals surface area contributed by atoms with E-state index in [9.17, 15) is 39.6 Å². The number of aromatic hydroxyl groups is 4. The number of benzene rings is 4. The molecule has 0 aliphatic carbocycles. The van der Waals surface area contributed by atoms with Crippen molar-refractivity contribution in [1.82, 2.24) is 0 Å². The molecule has 0 spiro atoms. The summed E-state index contributed by atoms with van der Waals surface area (Å²) in [6.45, 7) is 60.1. The van der Waals surface area contributed by atoms with Gasteiger partial charge in [-0.3, -0.25) is 0 Å². The molecule has 0 atom stereocenters. The van der Waals surface area contributed by atoms with Gasteiger partial charge in [0.15, 0.2) is 0 Å². The molecule has 0 fully saturated rings. The van der Waals surface area contributed by atoms with E-state index in [1.54, 1.807) is 48.5 Å². The molecule has 0 aromatic heterocycles. The molecule has 12 nitrogen and oxygen atoms in total. The highest BCUT2D eigenvalue weighted by molar-refractivity contribution is 5.92. The Kier molecular flexibility index (Phi) is 60.0. The standard InChI is InChI=1S/C33H58O3.C31H54O3.C28H48O3.C25H42O3/c1-8-9-10-11-12-13-14-15-16-17-18-19-20-21-22-23-24-36-31(35)27-25-28(32(2,3)4)30(34)29(26-27)33(5,6)7;1-8-9-10-11-12-13-14-15-16-17-18-19-20-21-22-34-29(33)25-23-26(30(2,3)4)28(32)27(24-25)31(5,6)7;1-8-9-10-11-12-13-14-15-16-17-18-19-31-26(30)22-20-23(27(2,3)4)25(29)24(21-22)28(5,6)7;1-8-9-10-11-12-13-14-15-16-28-23(27)19-17-20(24(2,3)4)22(26)21(18-19)25(5,6)7/h25-26,34H,8-24H2,1-7H3;23-24,32H,8-22H2,1-7H3;20-21,29H,8-19H2,1-7H3;17-18,26H,8-16H2,1-7H3. The van der Waals surface area contributed by atoms with E-state index in [1.807, 2.05) is 41.5 Å². The number of carbonyl (C=O) groups excluding carboxylic acids is 4. The zero-order valence-corrected chi connectivity index (χ0v) is 89.2. The first kappa shape index (κ1) is 121. The van der Waals surface area contributed by atoms with Crippen molar-refractivity contribution < 1.29 is 58.6 Å². The third-order valence-electron chi connectivity index (χ3n) is 25.0. The molecule has 0 bridgehead atoms. The van der Waals surface area contributed by atoms with Crippen molar-refractivity contribution >= 4 is 23.9 Å². The number of phenols is 4. The quantitative estimate of drug-likeness (QED) is 0.0186. The van der Waals surface area contributed by atoms with Crippen LogP contribution in [0.1, 0.15) is 594 Å². The summed E-state index contributed by atoms with van der Waals surface area (Å²) >= 11 is 0. The Morgan fingerprint density at radius 3 is 0.364 bits per heavy atom. The molecule has 0 radical (unpaired) electrons. The molecule has 4 N–H and O–H groups in total. The highest BCUT2D eigenvalue weighted by Crippen LogP contribution is 2.45. The molecule has 0 saturated carbocycles. The molecule has 4 aromatic rings. The van der Waals surface area contributed by atoms with E-state index in [1.165, 1.54) is 263 Å².